The van der Waals surface area contributed by atoms with Gasteiger partial charge in [0, 0.05) is 0 Å². The molecule has 0 aromatic rings. The fraction of sp³-hybridized carbons (Fsp3) is 0.556. The molecule has 11 heavy (non-hydrogen) atoms. The standard InChI is InChI=1S/C9H19NSi/c1-6-8-11(5,9-7-2)10(3)4/h6-7H,1-2,8-9H2,3-5H3. The van der Waals surface area contributed by atoms with Crippen LogP contribution in [0.25, 0.3) is 0 Å². The van der Waals surface area contributed by atoms with E-state index in [4.69, 9.17) is 0 Å². The van der Waals surface area contributed by atoms with Crippen LogP contribution in [0.1, 0.15) is 0 Å². The number of hydrogen-bond donors (Lipinski definition) is 0. The second kappa shape index (κ2) is 4.52. The molecule has 0 bridgehead atoms. The van der Waals surface area contributed by atoms with Gasteiger partial charge in [-0.15, -0.1) is 13.2 Å². The van der Waals surface area contributed by atoms with Gasteiger partial charge in [0.15, 0.2) is 0 Å². The summed E-state index contributed by atoms with van der Waals surface area (Å²) in [4.78, 5) is 0. The summed E-state index contributed by atoms with van der Waals surface area (Å²) >= 11 is 0. The molecule has 0 atom stereocenters. The normalized spacial score (nSPS) is 11.6. The molecule has 0 aliphatic carbocycles. The van der Waals surface area contributed by atoms with Crippen molar-refractivity contribution in [2.24, 2.45) is 0 Å². The monoisotopic (exact) mass is 169 g/mol. The summed E-state index contributed by atoms with van der Waals surface area (Å²) in [7, 11) is 3.07. The first-order chi connectivity index (χ1) is 5.06. The van der Waals surface area contributed by atoms with Crippen LogP contribution < -0.4 is 0 Å². The van der Waals surface area contributed by atoms with Crippen molar-refractivity contribution in [1.29, 1.82) is 0 Å². The van der Waals surface area contributed by atoms with Gasteiger partial charge < -0.3 is 4.57 Å². The molecular weight excluding hydrogens is 150 g/mol. The summed E-state index contributed by atoms with van der Waals surface area (Å²) < 4.78 is 2.36. The van der Waals surface area contributed by atoms with E-state index in [1.165, 1.54) is 0 Å². The van der Waals surface area contributed by atoms with Gasteiger partial charge in [0.1, 0.15) is 8.24 Å². The fourth-order valence-electron chi connectivity index (χ4n) is 1.07. The minimum absolute atomic E-state index is 1.14. The van der Waals surface area contributed by atoms with Crippen molar-refractivity contribution in [3.05, 3.63) is 25.3 Å². The zero-order chi connectivity index (χ0) is 8.91. The number of hydrogen-bond acceptors (Lipinski definition) is 1. The lowest BCUT2D eigenvalue weighted by Crippen LogP contribution is -2.45. The molecule has 0 unspecified atom stereocenters. The lowest BCUT2D eigenvalue weighted by atomic mass is 10.7. The highest BCUT2D eigenvalue weighted by atomic mass is 28.3. The summed E-state index contributed by atoms with van der Waals surface area (Å²) in [5.74, 6) is 0. The number of rotatable bonds is 5. The van der Waals surface area contributed by atoms with Crippen LogP contribution in [-0.2, 0) is 0 Å². The predicted molar refractivity (Wildman–Crippen MR) is 55.3 cm³/mol. The van der Waals surface area contributed by atoms with Gasteiger partial charge in [0.2, 0.25) is 0 Å². The molecule has 0 saturated heterocycles. The maximum Gasteiger partial charge on any atom is 0.132 e. The van der Waals surface area contributed by atoms with Gasteiger partial charge in [0.05, 0.1) is 0 Å². The predicted octanol–water partition coefficient (Wildman–Crippen LogP) is 2.50. The topological polar surface area (TPSA) is 3.24 Å². The van der Waals surface area contributed by atoms with Gasteiger partial charge in [-0.1, -0.05) is 18.7 Å². The van der Waals surface area contributed by atoms with Crippen LogP contribution in [0.15, 0.2) is 25.3 Å². The van der Waals surface area contributed by atoms with Gasteiger partial charge in [-0.25, -0.2) is 0 Å². The third-order valence-electron chi connectivity index (χ3n) is 2.25. The lowest BCUT2D eigenvalue weighted by Gasteiger charge is -2.32. The summed E-state index contributed by atoms with van der Waals surface area (Å²) in [5, 5.41) is 0. The Labute approximate surface area is 71.5 Å². The van der Waals surface area contributed by atoms with E-state index in [0.717, 1.165) is 12.1 Å². The molecule has 0 N–H and O–H groups in total. The van der Waals surface area contributed by atoms with E-state index < -0.39 is 8.24 Å². The Hall–Kier alpha value is -0.343. The summed E-state index contributed by atoms with van der Waals surface area (Å²) in [6.07, 6.45) is 4.05. The SMILES string of the molecule is C=CC[Si](C)(CC=C)N(C)C. The minimum Gasteiger partial charge on any atom is -0.329 e. The van der Waals surface area contributed by atoms with Gasteiger partial charge in [-0.3, -0.25) is 0 Å². The molecule has 0 amide bonds. The quantitative estimate of drug-likeness (QED) is 0.451. The Morgan fingerprint density at radius 1 is 1.18 bits per heavy atom. The molecule has 0 aliphatic heterocycles. The van der Waals surface area contributed by atoms with Crippen LogP contribution in [0.2, 0.25) is 18.6 Å². The van der Waals surface area contributed by atoms with Gasteiger partial charge >= 0.3 is 0 Å². The first-order valence-electron chi connectivity index (χ1n) is 3.96. The van der Waals surface area contributed by atoms with E-state index in [0.29, 0.717) is 0 Å². The molecule has 0 saturated carbocycles. The Morgan fingerprint density at radius 3 is 1.73 bits per heavy atom. The highest BCUT2D eigenvalue weighted by Gasteiger charge is 2.26. The second-order valence-electron chi connectivity index (χ2n) is 3.38. The van der Waals surface area contributed by atoms with Crippen molar-refractivity contribution in [1.82, 2.24) is 4.57 Å². The van der Waals surface area contributed by atoms with Gasteiger partial charge in [-0.2, -0.15) is 0 Å². The average molecular weight is 169 g/mol. The van der Waals surface area contributed by atoms with E-state index in [1.807, 2.05) is 12.2 Å². The van der Waals surface area contributed by atoms with Gasteiger partial charge in [-0.05, 0) is 26.2 Å². The zero-order valence-corrected chi connectivity index (χ0v) is 8.93. The molecule has 0 rings (SSSR count). The average Bonchev–Trinajstić information content (AvgIpc) is 1.88. The largest absolute Gasteiger partial charge is 0.329 e. The van der Waals surface area contributed by atoms with Crippen LogP contribution in [0.4, 0.5) is 0 Å². The summed E-state index contributed by atoms with van der Waals surface area (Å²) in [6, 6.07) is 2.29. The van der Waals surface area contributed by atoms with Crippen LogP contribution in [0, 0.1) is 0 Å². The fourth-order valence-corrected chi connectivity index (χ4v) is 3.21. The molecule has 0 fully saturated rings. The van der Waals surface area contributed by atoms with Crippen LogP contribution in [0.3, 0.4) is 0 Å². The van der Waals surface area contributed by atoms with Crippen molar-refractivity contribution in [2.75, 3.05) is 14.1 Å². The van der Waals surface area contributed by atoms with E-state index in [9.17, 15) is 0 Å². The van der Waals surface area contributed by atoms with Crippen molar-refractivity contribution in [2.45, 2.75) is 18.6 Å². The van der Waals surface area contributed by atoms with Crippen LogP contribution >= 0.6 is 0 Å². The van der Waals surface area contributed by atoms with Crippen molar-refractivity contribution < 1.29 is 0 Å². The van der Waals surface area contributed by atoms with E-state index in [-0.39, 0.29) is 0 Å². The maximum atomic E-state index is 3.78. The van der Waals surface area contributed by atoms with Crippen LogP contribution in [0.5, 0.6) is 0 Å². The molecule has 0 aromatic carbocycles. The Morgan fingerprint density at radius 2 is 1.55 bits per heavy atom. The molecule has 0 aromatic heterocycles. The molecule has 2 heteroatoms. The van der Waals surface area contributed by atoms with Crippen LogP contribution in [-0.4, -0.2) is 26.9 Å². The summed E-state index contributed by atoms with van der Waals surface area (Å²) in [6.45, 7) is 9.93. The molecule has 0 aliphatic rings. The van der Waals surface area contributed by atoms with Crippen molar-refractivity contribution in [3.63, 3.8) is 0 Å². The molecule has 1 nitrogen and oxygen atoms in total. The summed E-state index contributed by atoms with van der Waals surface area (Å²) in [5.41, 5.74) is 0. The van der Waals surface area contributed by atoms with E-state index in [1.54, 1.807) is 0 Å². The molecule has 0 spiro atoms. The molecule has 0 radical (unpaired) electrons. The maximum absolute atomic E-state index is 3.78. The number of nitrogens with zero attached hydrogens (tertiary/aromatic N) is 1. The minimum atomic E-state index is -1.23. The lowest BCUT2D eigenvalue weighted by molar-refractivity contribution is 0.617. The Kier molecular flexibility index (Phi) is 4.38. The Bertz CT molecular complexity index is 130. The first kappa shape index (κ1) is 10.7. The van der Waals surface area contributed by atoms with E-state index >= 15 is 0 Å². The third kappa shape index (κ3) is 3.04. The van der Waals surface area contributed by atoms with E-state index in [2.05, 4.69) is 38.4 Å². The number of allylic oxidation sites excluding steroid dienone is 2. The highest BCUT2D eigenvalue weighted by Crippen LogP contribution is 2.18. The Balaban J connectivity index is 4.23. The highest BCUT2D eigenvalue weighted by molar-refractivity contribution is 6.76. The first-order valence-corrected chi connectivity index (χ1v) is 6.82. The van der Waals surface area contributed by atoms with Gasteiger partial charge in [0.25, 0.3) is 0 Å². The molecule has 0 heterocycles. The smallest absolute Gasteiger partial charge is 0.132 e. The van der Waals surface area contributed by atoms with Crippen molar-refractivity contribution in [3.8, 4) is 0 Å². The van der Waals surface area contributed by atoms with Crippen molar-refractivity contribution >= 4 is 8.24 Å². The molecular formula is C9H19NSi. The third-order valence-corrected chi connectivity index (χ3v) is 6.74. The second-order valence-corrected chi connectivity index (χ2v) is 8.08. The zero-order valence-electron chi connectivity index (χ0n) is 7.93. The molecule has 64 valence electrons.